The van der Waals surface area contributed by atoms with Gasteiger partial charge in [0.2, 0.25) is 0 Å². The Bertz CT molecular complexity index is 863. The number of aliphatic hydroxyl groups is 1. The zero-order valence-corrected chi connectivity index (χ0v) is 20.9. The molecule has 0 radical (unpaired) electrons. The van der Waals surface area contributed by atoms with Crippen LogP contribution in [-0.2, 0) is 23.9 Å². The Hall–Kier alpha value is -2.19. The summed E-state index contributed by atoms with van der Waals surface area (Å²) in [7, 11) is 0. The summed E-state index contributed by atoms with van der Waals surface area (Å²) in [5, 5.41) is 19.7. The number of esters is 2. The van der Waals surface area contributed by atoms with E-state index in [1.54, 1.807) is 19.3 Å². The summed E-state index contributed by atoms with van der Waals surface area (Å²) in [6.07, 6.45) is 7.39. The van der Waals surface area contributed by atoms with E-state index in [0.717, 1.165) is 5.57 Å². The van der Waals surface area contributed by atoms with Gasteiger partial charge in [0.25, 0.3) is 5.91 Å². The van der Waals surface area contributed by atoms with E-state index < -0.39 is 47.0 Å². The van der Waals surface area contributed by atoms with E-state index in [4.69, 9.17) is 9.47 Å². The third-order valence-corrected chi connectivity index (χ3v) is 7.91. The van der Waals surface area contributed by atoms with Gasteiger partial charge in [-0.1, -0.05) is 39.0 Å². The van der Waals surface area contributed by atoms with E-state index in [0.29, 0.717) is 25.7 Å². The molecule has 1 fully saturated rings. The Balaban J connectivity index is 1.97. The summed E-state index contributed by atoms with van der Waals surface area (Å²) in [4.78, 5) is 38.3. The Kier molecular flexibility index (Phi) is 7.92. The summed E-state index contributed by atoms with van der Waals surface area (Å²) in [5.41, 5.74) is 0.349. The van der Waals surface area contributed by atoms with E-state index >= 15 is 0 Å². The number of aliphatic hydroxyl groups excluding tert-OH is 1. The van der Waals surface area contributed by atoms with Gasteiger partial charge in [-0.25, -0.2) is 5.48 Å². The number of carbonyl (C=O) groups is 3. The number of amides is 1. The van der Waals surface area contributed by atoms with Crippen LogP contribution in [0.5, 0.6) is 0 Å². The maximum atomic E-state index is 13.3. The molecule has 0 spiro atoms. The summed E-state index contributed by atoms with van der Waals surface area (Å²) in [6.45, 7) is 9.48. The highest BCUT2D eigenvalue weighted by Gasteiger charge is 2.57. The van der Waals surface area contributed by atoms with Crippen LogP contribution in [0.1, 0.15) is 73.1 Å². The Morgan fingerprint density at radius 2 is 2.00 bits per heavy atom. The van der Waals surface area contributed by atoms with Crippen LogP contribution >= 0.6 is 0 Å². The number of nitrogens with one attached hydrogen (secondary N) is 1. The zero-order chi connectivity index (χ0) is 25.3. The van der Waals surface area contributed by atoms with Crippen molar-refractivity contribution in [3.8, 4) is 0 Å². The van der Waals surface area contributed by atoms with Gasteiger partial charge in [0, 0.05) is 18.8 Å². The van der Waals surface area contributed by atoms with Crippen molar-refractivity contribution in [1.82, 2.24) is 5.48 Å². The fraction of sp³-hybridized carbons (Fsp3) is 0.731. The predicted molar refractivity (Wildman–Crippen MR) is 124 cm³/mol. The molecule has 1 saturated heterocycles. The number of hydrogen-bond donors (Lipinski definition) is 3. The first kappa shape index (κ1) is 26.4. The van der Waals surface area contributed by atoms with Crippen LogP contribution in [-0.4, -0.2) is 46.0 Å². The highest BCUT2D eigenvalue weighted by Crippen LogP contribution is 2.51. The molecule has 0 bridgehead atoms. The first-order valence-corrected chi connectivity index (χ1v) is 12.4. The maximum absolute atomic E-state index is 13.3. The molecule has 3 N–H and O–H groups in total. The number of ether oxygens (including phenoxy) is 2. The molecule has 2 aliphatic carbocycles. The lowest BCUT2D eigenvalue weighted by Gasteiger charge is -2.50. The minimum Gasteiger partial charge on any atom is -0.462 e. The van der Waals surface area contributed by atoms with Crippen molar-refractivity contribution in [1.29, 1.82) is 0 Å². The van der Waals surface area contributed by atoms with Gasteiger partial charge in [-0.2, -0.15) is 0 Å². The van der Waals surface area contributed by atoms with E-state index in [9.17, 15) is 24.7 Å². The number of rotatable bonds is 7. The Morgan fingerprint density at radius 3 is 2.62 bits per heavy atom. The third kappa shape index (κ3) is 5.23. The van der Waals surface area contributed by atoms with Crippen LogP contribution < -0.4 is 5.48 Å². The molecule has 8 heteroatoms. The molecule has 0 saturated carbocycles. The van der Waals surface area contributed by atoms with Gasteiger partial charge >= 0.3 is 11.9 Å². The van der Waals surface area contributed by atoms with Crippen LogP contribution in [0.15, 0.2) is 23.8 Å². The molecular formula is C26H39NO7. The quantitative estimate of drug-likeness (QED) is 0.292. The van der Waals surface area contributed by atoms with Gasteiger partial charge in [0.1, 0.15) is 6.10 Å². The second kappa shape index (κ2) is 10.2. The molecule has 1 amide bonds. The number of cyclic esters (lactones) is 1. The topological polar surface area (TPSA) is 122 Å². The maximum Gasteiger partial charge on any atom is 0.312 e. The molecule has 3 aliphatic rings. The monoisotopic (exact) mass is 477 g/mol. The van der Waals surface area contributed by atoms with E-state index in [1.165, 1.54) is 0 Å². The summed E-state index contributed by atoms with van der Waals surface area (Å²) < 4.78 is 11.6. The van der Waals surface area contributed by atoms with Crippen molar-refractivity contribution in [2.45, 2.75) is 91.0 Å². The molecule has 0 aromatic heterocycles. The Morgan fingerprint density at radius 1 is 1.29 bits per heavy atom. The van der Waals surface area contributed by atoms with Crippen molar-refractivity contribution in [2.24, 2.45) is 29.1 Å². The molecule has 3 rings (SSSR count). The standard InChI is InChI=1S/C26H39NO7/c1-6-25(4,5)24(31)34-26(23(30)27-32)14-15(2)11-17-8-7-16(3)20(22(17)26)10-9-19-12-18(28)13-21(29)33-19/h7-8,11,15-16,18-20,22,28,32H,6,9-10,12-14H2,1-5H3,(H,27,30)/t15-,16?,18+,19?,20-,22-,26-/m0/s1. The summed E-state index contributed by atoms with van der Waals surface area (Å²) in [6, 6.07) is 0. The lowest BCUT2D eigenvalue weighted by Crippen LogP contribution is -2.60. The van der Waals surface area contributed by atoms with Gasteiger partial charge < -0.3 is 14.6 Å². The number of fused-ring (bicyclic) bond motifs is 1. The van der Waals surface area contributed by atoms with Gasteiger partial charge in [-0.05, 0) is 56.4 Å². The second-order valence-electron chi connectivity index (χ2n) is 10.9. The summed E-state index contributed by atoms with van der Waals surface area (Å²) in [5.74, 6) is -2.15. The fourth-order valence-corrected chi connectivity index (χ4v) is 5.60. The average molecular weight is 478 g/mol. The minimum absolute atomic E-state index is 0.00934. The first-order valence-electron chi connectivity index (χ1n) is 12.4. The molecule has 34 heavy (non-hydrogen) atoms. The van der Waals surface area contributed by atoms with Crippen LogP contribution in [0.4, 0.5) is 0 Å². The van der Waals surface area contributed by atoms with Gasteiger partial charge in [0.15, 0.2) is 5.60 Å². The number of hydrogen-bond acceptors (Lipinski definition) is 7. The lowest BCUT2D eigenvalue weighted by molar-refractivity contribution is -0.192. The molecule has 1 heterocycles. The average Bonchev–Trinajstić information content (AvgIpc) is 2.77. The van der Waals surface area contributed by atoms with Crippen molar-refractivity contribution >= 4 is 17.8 Å². The van der Waals surface area contributed by atoms with Crippen LogP contribution in [0.25, 0.3) is 0 Å². The van der Waals surface area contributed by atoms with Crippen LogP contribution in [0.2, 0.25) is 0 Å². The van der Waals surface area contributed by atoms with Gasteiger partial charge in [-0.15, -0.1) is 0 Å². The zero-order valence-electron chi connectivity index (χ0n) is 20.9. The predicted octanol–water partition coefficient (Wildman–Crippen LogP) is 3.46. The molecule has 8 nitrogen and oxygen atoms in total. The third-order valence-electron chi connectivity index (χ3n) is 7.91. The largest absolute Gasteiger partial charge is 0.462 e. The Labute approximate surface area is 201 Å². The van der Waals surface area contributed by atoms with E-state index in [2.05, 4.69) is 19.1 Å². The minimum atomic E-state index is -1.56. The normalized spacial score (nSPS) is 35.6. The van der Waals surface area contributed by atoms with Crippen molar-refractivity contribution in [3.63, 3.8) is 0 Å². The smallest absolute Gasteiger partial charge is 0.312 e. The number of allylic oxidation sites excluding steroid dienone is 3. The van der Waals surface area contributed by atoms with Crippen LogP contribution in [0, 0.1) is 29.1 Å². The molecule has 0 aromatic rings. The van der Waals surface area contributed by atoms with Crippen molar-refractivity contribution < 1.29 is 34.2 Å². The first-order chi connectivity index (χ1) is 15.9. The number of carbonyl (C=O) groups excluding carboxylic acids is 3. The number of hydroxylamine groups is 1. The van der Waals surface area contributed by atoms with Crippen molar-refractivity contribution in [2.75, 3.05) is 0 Å². The molecule has 2 unspecified atom stereocenters. The molecule has 190 valence electrons. The van der Waals surface area contributed by atoms with Crippen molar-refractivity contribution in [3.05, 3.63) is 23.8 Å². The van der Waals surface area contributed by atoms with Crippen LogP contribution in [0.3, 0.4) is 0 Å². The summed E-state index contributed by atoms with van der Waals surface area (Å²) >= 11 is 0. The lowest BCUT2D eigenvalue weighted by atomic mass is 9.59. The molecular weight excluding hydrogens is 438 g/mol. The molecule has 0 aromatic carbocycles. The highest BCUT2D eigenvalue weighted by molar-refractivity contribution is 5.89. The SMILES string of the molecule is CCC(C)(C)C(=O)O[C@@]1(C(=O)NO)C[C@@H](C)C=C2C=CC(C)[C@H](CCC3C[C@@H](O)CC(=O)O3)[C@H]21. The van der Waals surface area contributed by atoms with Gasteiger partial charge in [0.05, 0.1) is 17.9 Å². The molecule has 1 aliphatic heterocycles. The van der Waals surface area contributed by atoms with E-state index in [1.807, 2.05) is 19.9 Å². The van der Waals surface area contributed by atoms with E-state index in [-0.39, 0.29) is 30.6 Å². The van der Waals surface area contributed by atoms with Gasteiger partial charge in [-0.3, -0.25) is 19.6 Å². The fourth-order valence-electron chi connectivity index (χ4n) is 5.60. The molecule has 7 atom stereocenters. The second-order valence-corrected chi connectivity index (χ2v) is 10.9. The highest BCUT2D eigenvalue weighted by atomic mass is 16.6.